The fraction of sp³-hybridized carbons (Fsp3) is 0.588. The van der Waals surface area contributed by atoms with Crippen molar-refractivity contribution in [2.45, 2.75) is 51.4 Å². The van der Waals surface area contributed by atoms with Crippen LogP contribution in [0.3, 0.4) is 0 Å². The molecule has 1 heterocycles. The van der Waals surface area contributed by atoms with Crippen LogP contribution < -0.4 is 14.8 Å². The van der Waals surface area contributed by atoms with Crippen molar-refractivity contribution in [1.29, 1.82) is 0 Å². The van der Waals surface area contributed by atoms with E-state index >= 15 is 0 Å². The van der Waals surface area contributed by atoms with Crippen LogP contribution in [0, 0.1) is 0 Å². The van der Waals surface area contributed by atoms with Gasteiger partial charge in [-0.25, -0.2) is 0 Å². The highest BCUT2D eigenvalue weighted by molar-refractivity contribution is 6.74. The number of hydrogen-bond donors (Lipinski definition) is 1. The molecule has 0 spiro atoms. The Kier molecular flexibility index (Phi) is 5.06. The minimum atomic E-state index is -1.80. The molecule has 1 unspecified atom stereocenters. The lowest BCUT2D eigenvalue weighted by Gasteiger charge is -2.36. The highest BCUT2D eigenvalue weighted by atomic mass is 28.4. The summed E-state index contributed by atoms with van der Waals surface area (Å²) in [5, 5.41) is 3.03. The van der Waals surface area contributed by atoms with Gasteiger partial charge in [-0.3, -0.25) is 4.79 Å². The van der Waals surface area contributed by atoms with Crippen LogP contribution in [-0.4, -0.2) is 34.0 Å². The average Bonchev–Trinajstić information content (AvgIpc) is 2.46. The van der Waals surface area contributed by atoms with Crippen molar-refractivity contribution in [3.8, 4) is 11.5 Å². The third kappa shape index (κ3) is 4.06. The number of rotatable bonds is 5. The van der Waals surface area contributed by atoms with Gasteiger partial charge in [0.1, 0.15) is 11.5 Å². The van der Waals surface area contributed by atoms with Gasteiger partial charge in [-0.15, -0.1) is 0 Å². The van der Waals surface area contributed by atoms with E-state index in [-0.39, 0.29) is 10.9 Å². The van der Waals surface area contributed by atoms with Gasteiger partial charge in [-0.1, -0.05) is 20.8 Å². The predicted molar refractivity (Wildman–Crippen MR) is 93.8 cm³/mol. The lowest BCUT2D eigenvalue weighted by atomic mass is 10.1. The highest BCUT2D eigenvalue weighted by Gasteiger charge is 2.37. The molecule has 1 aliphatic rings. The third-order valence-corrected chi connectivity index (χ3v) is 9.19. The van der Waals surface area contributed by atoms with Gasteiger partial charge >= 0.3 is 0 Å². The van der Waals surface area contributed by atoms with Crippen LogP contribution in [0.15, 0.2) is 18.2 Å². The van der Waals surface area contributed by atoms with E-state index in [0.717, 1.165) is 0 Å². The molecule has 0 saturated carbocycles. The molecule has 1 aromatic carbocycles. The van der Waals surface area contributed by atoms with Gasteiger partial charge in [0.2, 0.25) is 0 Å². The summed E-state index contributed by atoms with van der Waals surface area (Å²) >= 11 is 0. The Hall–Kier alpha value is -1.53. The van der Waals surface area contributed by atoms with Gasteiger partial charge in [0.05, 0.1) is 12.8 Å². The number of anilines is 1. The number of fused-ring (bicyclic) bond motifs is 1. The minimum absolute atomic E-state index is 0.135. The van der Waals surface area contributed by atoms with Crippen LogP contribution in [0.25, 0.3) is 0 Å². The van der Waals surface area contributed by atoms with E-state index < -0.39 is 14.4 Å². The molecule has 0 aliphatic carbocycles. The Balaban J connectivity index is 1.96. The first-order chi connectivity index (χ1) is 10.6. The average molecular weight is 337 g/mol. The Bertz CT molecular complexity index is 580. The zero-order chi connectivity index (χ0) is 17.3. The van der Waals surface area contributed by atoms with E-state index in [1.165, 1.54) is 0 Å². The molecule has 0 fully saturated rings. The fourth-order valence-electron chi connectivity index (χ4n) is 2.08. The molecule has 0 radical (unpaired) electrons. The van der Waals surface area contributed by atoms with E-state index in [0.29, 0.717) is 30.2 Å². The minimum Gasteiger partial charge on any atom is -0.497 e. The van der Waals surface area contributed by atoms with Crippen molar-refractivity contribution >= 4 is 19.9 Å². The molecule has 1 atom stereocenters. The monoisotopic (exact) mass is 337 g/mol. The molecule has 1 aliphatic heterocycles. The molecule has 6 heteroatoms. The molecule has 5 nitrogen and oxygen atoms in total. The van der Waals surface area contributed by atoms with Gasteiger partial charge in [0, 0.05) is 19.1 Å². The second kappa shape index (κ2) is 6.53. The molecular formula is C17H27NO4Si. The molecular weight excluding hydrogens is 310 g/mol. The molecule has 1 amide bonds. The Morgan fingerprint density at radius 2 is 2.00 bits per heavy atom. The van der Waals surface area contributed by atoms with Crippen LogP contribution in [0.2, 0.25) is 18.1 Å². The van der Waals surface area contributed by atoms with Crippen LogP contribution in [0.4, 0.5) is 5.69 Å². The number of hydrogen-bond acceptors (Lipinski definition) is 4. The number of methoxy groups -OCH3 is 1. The summed E-state index contributed by atoms with van der Waals surface area (Å²) in [6, 6.07) is 5.39. The first kappa shape index (κ1) is 17.8. The summed E-state index contributed by atoms with van der Waals surface area (Å²) in [7, 11) is -0.208. The van der Waals surface area contributed by atoms with E-state index in [9.17, 15) is 4.79 Å². The maximum Gasteiger partial charge on any atom is 0.265 e. The Morgan fingerprint density at radius 3 is 2.61 bits per heavy atom. The first-order valence-electron chi connectivity index (χ1n) is 7.93. The maximum atomic E-state index is 12.2. The molecule has 0 saturated heterocycles. The maximum absolute atomic E-state index is 12.2. The smallest absolute Gasteiger partial charge is 0.265 e. The van der Waals surface area contributed by atoms with Crippen LogP contribution in [0.5, 0.6) is 11.5 Å². The van der Waals surface area contributed by atoms with Crippen molar-refractivity contribution in [2.75, 3.05) is 19.0 Å². The fourth-order valence-corrected chi connectivity index (χ4v) is 3.15. The zero-order valence-electron chi connectivity index (χ0n) is 14.9. The quantitative estimate of drug-likeness (QED) is 0.830. The summed E-state index contributed by atoms with van der Waals surface area (Å²) < 4.78 is 17.1. The Morgan fingerprint density at radius 1 is 1.30 bits per heavy atom. The zero-order valence-corrected chi connectivity index (χ0v) is 15.9. The van der Waals surface area contributed by atoms with Crippen molar-refractivity contribution in [3.63, 3.8) is 0 Å². The molecule has 0 bridgehead atoms. The van der Waals surface area contributed by atoms with Crippen molar-refractivity contribution < 1.29 is 18.7 Å². The molecule has 23 heavy (non-hydrogen) atoms. The van der Waals surface area contributed by atoms with Gasteiger partial charge in [-0.2, -0.15) is 0 Å². The number of ether oxygens (including phenoxy) is 2. The summed E-state index contributed by atoms with van der Waals surface area (Å²) in [5.41, 5.74) is 0.649. The van der Waals surface area contributed by atoms with Crippen molar-refractivity contribution in [3.05, 3.63) is 18.2 Å². The second-order valence-electron chi connectivity index (χ2n) is 7.36. The largest absolute Gasteiger partial charge is 0.497 e. The summed E-state index contributed by atoms with van der Waals surface area (Å²) in [6.45, 7) is 11.5. The molecule has 0 aromatic heterocycles. The van der Waals surface area contributed by atoms with Crippen LogP contribution in [0.1, 0.15) is 27.2 Å². The third-order valence-electron chi connectivity index (χ3n) is 4.66. The number of amides is 1. The number of benzene rings is 1. The predicted octanol–water partition coefficient (Wildman–Crippen LogP) is 3.81. The van der Waals surface area contributed by atoms with Gasteiger partial charge in [0.25, 0.3) is 5.91 Å². The molecule has 128 valence electrons. The number of carbonyl (C=O) groups is 1. The SMILES string of the molecule is COc1ccc2c(c1)NC(=O)C(CCO[Si](C)(C)C(C)(C)C)O2. The Labute approximate surface area is 139 Å². The molecule has 2 rings (SSSR count). The van der Waals surface area contributed by atoms with Crippen LogP contribution >= 0.6 is 0 Å². The van der Waals surface area contributed by atoms with Crippen LogP contribution in [-0.2, 0) is 9.22 Å². The lowest BCUT2D eigenvalue weighted by Crippen LogP contribution is -2.43. The number of carbonyl (C=O) groups excluding carboxylic acids is 1. The van der Waals surface area contributed by atoms with E-state index in [1.54, 1.807) is 13.2 Å². The first-order valence-corrected chi connectivity index (χ1v) is 10.8. The standard InChI is InChI=1S/C17H27NO4Si/c1-17(2,3)23(5,6)21-10-9-15-16(19)18-13-11-12(20-4)7-8-14(13)22-15/h7-8,11,15H,9-10H2,1-6H3,(H,18,19). The summed E-state index contributed by atoms with van der Waals surface area (Å²) in [6.07, 6.45) is 0.0322. The van der Waals surface area contributed by atoms with Gasteiger partial charge in [0.15, 0.2) is 14.4 Å². The topological polar surface area (TPSA) is 56.8 Å². The second-order valence-corrected chi connectivity index (χ2v) is 12.2. The van der Waals surface area contributed by atoms with Crippen molar-refractivity contribution in [1.82, 2.24) is 0 Å². The van der Waals surface area contributed by atoms with E-state index in [2.05, 4.69) is 39.2 Å². The molecule has 1 aromatic rings. The van der Waals surface area contributed by atoms with Gasteiger partial charge < -0.3 is 19.2 Å². The number of nitrogens with one attached hydrogen (secondary N) is 1. The summed E-state index contributed by atoms with van der Waals surface area (Å²) in [5.74, 6) is 1.22. The summed E-state index contributed by atoms with van der Waals surface area (Å²) in [4.78, 5) is 12.2. The van der Waals surface area contributed by atoms with E-state index in [4.69, 9.17) is 13.9 Å². The van der Waals surface area contributed by atoms with Crippen molar-refractivity contribution in [2.24, 2.45) is 0 Å². The lowest BCUT2D eigenvalue weighted by molar-refractivity contribution is -0.124. The molecule has 1 N–H and O–H groups in total. The van der Waals surface area contributed by atoms with E-state index in [1.807, 2.05) is 12.1 Å². The normalized spacial score (nSPS) is 18.0. The highest BCUT2D eigenvalue weighted by Crippen LogP contribution is 2.37. The van der Waals surface area contributed by atoms with Gasteiger partial charge in [-0.05, 0) is 30.3 Å².